The van der Waals surface area contributed by atoms with E-state index in [0.717, 1.165) is 26.2 Å². The van der Waals surface area contributed by atoms with Crippen molar-refractivity contribution in [3.63, 3.8) is 0 Å². The van der Waals surface area contributed by atoms with E-state index in [1.54, 1.807) is 24.3 Å². The Morgan fingerprint density at radius 1 is 0.900 bits per heavy atom. The highest BCUT2D eigenvalue weighted by atomic mass is 32.2. The predicted octanol–water partition coefficient (Wildman–Crippen LogP) is 8.75. The van der Waals surface area contributed by atoms with Crippen LogP contribution < -0.4 is 9.47 Å². The zero-order chi connectivity index (χ0) is 34.9. The number of hydrogen-bond acceptors (Lipinski definition) is 9. The van der Waals surface area contributed by atoms with E-state index in [1.165, 1.54) is 32.6 Å². The van der Waals surface area contributed by atoms with Gasteiger partial charge in [-0.05, 0) is 54.6 Å². The van der Waals surface area contributed by atoms with Gasteiger partial charge in [0, 0.05) is 38.6 Å². The third-order valence-corrected chi connectivity index (χ3v) is 11.8. The molecule has 0 spiro atoms. The number of fused-ring (bicyclic) bond motifs is 8. The topological polar surface area (TPSA) is 142 Å². The Labute approximate surface area is 293 Å². The summed E-state index contributed by atoms with van der Waals surface area (Å²) in [4.78, 5) is 2.07. The Bertz CT molecular complexity index is 2970. The second kappa shape index (κ2) is 11.9. The van der Waals surface area contributed by atoms with Gasteiger partial charge in [0.25, 0.3) is 10.9 Å². The number of benzene rings is 4. The number of aromatic nitrogens is 1. The molecule has 0 amide bonds. The molecule has 14 heteroatoms. The van der Waals surface area contributed by atoms with Crippen molar-refractivity contribution in [2.24, 2.45) is 0 Å². The predicted molar refractivity (Wildman–Crippen MR) is 197 cm³/mol. The van der Waals surface area contributed by atoms with Crippen molar-refractivity contribution in [3.8, 4) is 0 Å². The third-order valence-electron chi connectivity index (χ3n) is 8.32. The molecule has 1 aliphatic rings. The van der Waals surface area contributed by atoms with Crippen LogP contribution in [0.2, 0.25) is 0 Å². The Kier molecular flexibility index (Phi) is 7.68. The van der Waals surface area contributed by atoms with E-state index in [-0.39, 0.29) is 0 Å². The molecule has 0 radical (unpaired) electrons. The Hall–Kier alpha value is -4.88. The highest BCUT2D eigenvalue weighted by molar-refractivity contribution is 8.04. The Morgan fingerprint density at radius 2 is 1.54 bits per heavy atom. The van der Waals surface area contributed by atoms with Gasteiger partial charge in [0.15, 0.2) is 0 Å². The summed E-state index contributed by atoms with van der Waals surface area (Å²) in [6.45, 7) is 5.38. The van der Waals surface area contributed by atoms with Crippen molar-refractivity contribution < 1.29 is 39.3 Å². The summed E-state index contributed by atoms with van der Waals surface area (Å²) < 4.78 is 84.7. The first-order valence-electron chi connectivity index (χ1n) is 15.1. The lowest BCUT2D eigenvalue weighted by Gasteiger charge is -2.20. The van der Waals surface area contributed by atoms with Crippen LogP contribution in [0.5, 0.6) is 0 Å². The van der Waals surface area contributed by atoms with Crippen LogP contribution >= 0.6 is 23.1 Å². The molecule has 8 rings (SSSR count). The second-order valence-corrected chi connectivity index (χ2v) is 16.4. The molecule has 10 nitrogen and oxygen atoms in total. The van der Waals surface area contributed by atoms with Crippen molar-refractivity contribution >= 4 is 109 Å². The van der Waals surface area contributed by atoms with Gasteiger partial charge in [0.05, 0.1) is 16.8 Å². The highest BCUT2D eigenvalue weighted by Crippen LogP contribution is 2.51. The van der Waals surface area contributed by atoms with E-state index < -0.39 is 31.1 Å². The van der Waals surface area contributed by atoms with Crippen LogP contribution in [0.25, 0.3) is 60.2 Å². The lowest BCUT2D eigenvalue weighted by Crippen LogP contribution is -2.39. The van der Waals surface area contributed by atoms with E-state index in [0.29, 0.717) is 60.5 Å². The molecule has 4 aromatic carbocycles. The lowest BCUT2D eigenvalue weighted by atomic mass is 10.1. The number of rotatable bonds is 7. The molecule has 7 aromatic rings. The minimum absolute atomic E-state index is 0.423. The quantitative estimate of drug-likeness (QED) is 0.0925. The number of allylic oxidation sites excluding steroid dienone is 2. The molecule has 50 heavy (non-hydrogen) atoms. The van der Waals surface area contributed by atoms with Gasteiger partial charge in [-0.15, -0.1) is 0 Å². The Balaban J connectivity index is 1.31. The van der Waals surface area contributed by atoms with Gasteiger partial charge in [-0.2, -0.15) is 21.4 Å². The van der Waals surface area contributed by atoms with Crippen LogP contribution in [-0.2, 0) is 26.1 Å². The number of thiazole rings is 1. The first-order valence-corrected chi connectivity index (χ1v) is 19.8. The molecule has 1 aliphatic heterocycles. The molecule has 0 fully saturated rings. The molecule has 250 valence electrons. The normalized spacial score (nSPS) is 14.7. The average molecular weight is 742 g/mol. The molecule has 3 aromatic heterocycles. The van der Waals surface area contributed by atoms with Crippen molar-refractivity contribution in [2.45, 2.75) is 24.1 Å². The zero-order valence-electron chi connectivity index (χ0n) is 26.1. The first-order chi connectivity index (χ1) is 23.9. The van der Waals surface area contributed by atoms with Crippen LogP contribution in [0.15, 0.2) is 126 Å². The molecule has 0 aliphatic carbocycles. The van der Waals surface area contributed by atoms with E-state index in [9.17, 15) is 25.9 Å². The number of para-hydroxylation sites is 2. The van der Waals surface area contributed by atoms with Crippen molar-refractivity contribution in [1.29, 1.82) is 0 Å². The summed E-state index contributed by atoms with van der Waals surface area (Å²) in [6, 6.07) is 22.5. The largest absolute Gasteiger partial charge is 0.456 e. The summed E-state index contributed by atoms with van der Waals surface area (Å²) in [6.07, 6.45) is 4.02. The van der Waals surface area contributed by atoms with Gasteiger partial charge in [-0.3, -0.25) is 14.0 Å². The van der Waals surface area contributed by atoms with Crippen LogP contribution in [0, 0.1) is 0 Å². The van der Waals surface area contributed by atoms with Gasteiger partial charge < -0.3 is 8.83 Å². The Morgan fingerprint density at radius 3 is 2.16 bits per heavy atom. The fourth-order valence-electron chi connectivity index (χ4n) is 6.18. The molecule has 0 saturated carbocycles. The fraction of sp³-hybridized carbons (Fsp3) is 0.0833. The molecule has 0 saturated heterocycles. The summed E-state index contributed by atoms with van der Waals surface area (Å²) in [5.41, 5.74) is 8.98. The van der Waals surface area contributed by atoms with Crippen molar-refractivity contribution in [3.05, 3.63) is 118 Å². The van der Waals surface area contributed by atoms with E-state index in [1.807, 2.05) is 67.6 Å². The maximum atomic E-state index is 12.7. The van der Waals surface area contributed by atoms with E-state index >= 15 is 0 Å². The molecule has 2 N–H and O–H groups in total. The standard InChI is InChI=1S/C36H24N2O8S4/c1-3-9-36(50(42,43)44)38-27-19-31-25(23-11-6-8-13-29(23)46-31)17-33(27)48-35(38)15-21(4-2)14-34-37(20-49(39,40)41)26-18-30-24(16-32(26)47-34)22-10-5-7-12-28(22)45-30/h5-8,10-19H,1,4,20H2,2H3,(H-,39,40,41,42,43,44)/p+1. The number of thioether (sulfide) groups is 1. The van der Waals surface area contributed by atoms with E-state index in [2.05, 4.69) is 18.0 Å². The maximum absolute atomic E-state index is 12.7. The lowest BCUT2D eigenvalue weighted by molar-refractivity contribution is -0.649. The molecular weight excluding hydrogens is 717 g/mol. The summed E-state index contributed by atoms with van der Waals surface area (Å²) in [7, 11) is -9.28. The number of furan rings is 2. The molecular formula is C36H25N2O8S4+. The van der Waals surface area contributed by atoms with E-state index in [4.69, 9.17) is 8.83 Å². The highest BCUT2D eigenvalue weighted by Gasteiger charge is 2.35. The summed E-state index contributed by atoms with van der Waals surface area (Å²) in [5, 5.41) is 3.90. The number of anilines is 1. The third kappa shape index (κ3) is 5.58. The summed E-state index contributed by atoms with van der Waals surface area (Å²) >= 11 is 2.63. The van der Waals surface area contributed by atoms with Gasteiger partial charge >= 0.3 is 20.2 Å². The maximum Gasteiger partial charge on any atom is 0.326 e. The van der Waals surface area contributed by atoms with Crippen LogP contribution in [-0.4, -0.2) is 25.9 Å². The SMILES string of the molecule is C=C=C=C(N1C(=CC(=Cc2sc3cc4c(cc3[n+]2CS(=O)(=O)O)oc2ccccc24)CC)Sc2cc3c(cc21)oc1ccccc13)S(=O)(=O)O. The van der Waals surface area contributed by atoms with Crippen LogP contribution in [0.4, 0.5) is 5.69 Å². The second-order valence-electron chi connectivity index (χ2n) is 11.5. The molecule has 0 atom stereocenters. The van der Waals surface area contributed by atoms with Crippen LogP contribution in [0.3, 0.4) is 0 Å². The molecule has 0 unspecified atom stereocenters. The minimum Gasteiger partial charge on any atom is -0.456 e. The van der Waals surface area contributed by atoms with Gasteiger partial charge in [-0.1, -0.05) is 72.2 Å². The molecule has 0 bridgehead atoms. The van der Waals surface area contributed by atoms with Crippen molar-refractivity contribution in [1.82, 2.24) is 0 Å². The smallest absolute Gasteiger partial charge is 0.326 e. The minimum atomic E-state index is -4.82. The first kappa shape index (κ1) is 32.3. The van der Waals surface area contributed by atoms with Gasteiger partial charge in [-0.25, -0.2) is 0 Å². The van der Waals surface area contributed by atoms with Crippen molar-refractivity contribution in [2.75, 3.05) is 4.90 Å². The average Bonchev–Trinajstić information content (AvgIpc) is 3.80. The molecule has 4 heterocycles. The summed E-state index contributed by atoms with van der Waals surface area (Å²) in [5.74, 6) is -0.697. The van der Waals surface area contributed by atoms with Gasteiger partial charge in [0.1, 0.15) is 27.0 Å². The number of nitrogens with zero attached hydrogens (tertiary/aromatic N) is 2. The zero-order valence-corrected chi connectivity index (χ0v) is 29.3. The fourth-order valence-corrected chi connectivity index (χ4v) is 9.86. The number of hydrogen-bond donors (Lipinski definition) is 2. The van der Waals surface area contributed by atoms with Crippen LogP contribution in [0.1, 0.15) is 18.4 Å². The van der Waals surface area contributed by atoms with Gasteiger partial charge in [0.2, 0.25) is 10.5 Å². The monoisotopic (exact) mass is 741 g/mol.